The zero-order chi connectivity index (χ0) is 13.3. The number of nitrogens with two attached hydrogens (primary N) is 1. The molecule has 0 aliphatic heterocycles. The van der Waals surface area contributed by atoms with Gasteiger partial charge in [-0.2, -0.15) is 0 Å². The minimum absolute atomic E-state index is 0.153. The van der Waals surface area contributed by atoms with Gasteiger partial charge in [0.15, 0.2) is 0 Å². The van der Waals surface area contributed by atoms with E-state index < -0.39 is 6.10 Å². The Hall–Kier alpha value is -0.510. The number of benzene rings is 1. The molecule has 2 rings (SSSR count). The van der Waals surface area contributed by atoms with E-state index in [4.69, 9.17) is 5.73 Å². The molecule has 2 atom stereocenters. The lowest BCUT2D eigenvalue weighted by Crippen LogP contribution is -2.28. The SMILES string of the molecule is CC(C)(C)Sc1ccccc1[C@@H](N)[C@@H](O)C1CC1. The Labute approximate surface area is 114 Å². The van der Waals surface area contributed by atoms with E-state index in [1.54, 1.807) is 0 Å². The first kappa shape index (κ1) is 13.9. The molecule has 2 nitrogen and oxygen atoms in total. The molecular formula is C15H23NOS. The van der Waals surface area contributed by atoms with Crippen LogP contribution in [0.4, 0.5) is 0 Å². The van der Waals surface area contributed by atoms with Gasteiger partial charge in [-0.25, -0.2) is 0 Å². The van der Waals surface area contributed by atoms with Crippen molar-refractivity contribution in [3.8, 4) is 0 Å². The molecule has 1 fully saturated rings. The number of hydrogen-bond donors (Lipinski definition) is 2. The van der Waals surface area contributed by atoms with E-state index in [1.165, 1.54) is 4.90 Å². The zero-order valence-corrected chi connectivity index (χ0v) is 12.2. The molecule has 0 radical (unpaired) electrons. The number of aliphatic hydroxyl groups excluding tert-OH is 1. The minimum Gasteiger partial charge on any atom is -0.391 e. The van der Waals surface area contributed by atoms with E-state index in [0.717, 1.165) is 18.4 Å². The fourth-order valence-electron chi connectivity index (χ4n) is 2.09. The first-order valence-corrected chi connectivity index (χ1v) is 7.42. The van der Waals surface area contributed by atoms with Gasteiger partial charge in [-0.1, -0.05) is 39.0 Å². The maximum absolute atomic E-state index is 10.2. The van der Waals surface area contributed by atoms with Crippen LogP contribution in [0.25, 0.3) is 0 Å². The summed E-state index contributed by atoms with van der Waals surface area (Å²) in [5, 5.41) is 10.2. The molecule has 0 unspecified atom stereocenters. The van der Waals surface area contributed by atoms with Crippen molar-refractivity contribution >= 4 is 11.8 Å². The fraction of sp³-hybridized carbons (Fsp3) is 0.600. The van der Waals surface area contributed by atoms with Crippen LogP contribution in [0, 0.1) is 5.92 Å². The number of thioether (sulfide) groups is 1. The molecule has 100 valence electrons. The Bertz CT molecular complexity index is 409. The van der Waals surface area contributed by atoms with Gasteiger partial charge in [0.25, 0.3) is 0 Å². The molecule has 1 saturated carbocycles. The molecule has 0 spiro atoms. The van der Waals surface area contributed by atoms with Crippen molar-refractivity contribution in [1.29, 1.82) is 0 Å². The lowest BCUT2D eigenvalue weighted by molar-refractivity contribution is 0.121. The quantitative estimate of drug-likeness (QED) is 0.821. The molecular weight excluding hydrogens is 242 g/mol. The molecule has 0 amide bonds. The van der Waals surface area contributed by atoms with Gasteiger partial charge in [0.2, 0.25) is 0 Å². The Balaban J connectivity index is 2.20. The first-order valence-electron chi connectivity index (χ1n) is 6.60. The van der Waals surface area contributed by atoms with Crippen LogP contribution in [-0.4, -0.2) is 16.0 Å². The summed E-state index contributed by atoms with van der Waals surface area (Å²) in [4.78, 5) is 1.19. The smallest absolute Gasteiger partial charge is 0.0761 e. The van der Waals surface area contributed by atoms with E-state index >= 15 is 0 Å². The van der Waals surface area contributed by atoms with Crippen molar-refractivity contribution in [2.45, 2.75) is 55.4 Å². The van der Waals surface area contributed by atoms with Crippen LogP contribution in [-0.2, 0) is 0 Å². The van der Waals surface area contributed by atoms with Crippen molar-refractivity contribution in [2.75, 3.05) is 0 Å². The molecule has 1 aliphatic rings. The van der Waals surface area contributed by atoms with Gasteiger partial charge in [-0.05, 0) is 30.4 Å². The molecule has 18 heavy (non-hydrogen) atoms. The van der Waals surface area contributed by atoms with Crippen LogP contribution in [0.1, 0.15) is 45.2 Å². The Kier molecular flexibility index (Phi) is 4.05. The van der Waals surface area contributed by atoms with Crippen LogP contribution < -0.4 is 5.73 Å². The molecule has 3 N–H and O–H groups in total. The lowest BCUT2D eigenvalue weighted by atomic mass is 9.99. The van der Waals surface area contributed by atoms with Gasteiger partial charge >= 0.3 is 0 Å². The van der Waals surface area contributed by atoms with Crippen molar-refractivity contribution in [1.82, 2.24) is 0 Å². The summed E-state index contributed by atoms with van der Waals surface area (Å²) in [6, 6.07) is 7.92. The number of rotatable bonds is 4. The summed E-state index contributed by atoms with van der Waals surface area (Å²) < 4.78 is 0.153. The second kappa shape index (κ2) is 5.24. The lowest BCUT2D eigenvalue weighted by Gasteiger charge is -2.25. The molecule has 0 bridgehead atoms. The van der Waals surface area contributed by atoms with E-state index in [-0.39, 0.29) is 10.8 Å². The monoisotopic (exact) mass is 265 g/mol. The summed E-state index contributed by atoms with van der Waals surface area (Å²) >= 11 is 1.81. The van der Waals surface area contributed by atoms with Crippen LogP contribution in [0.3, 0.4) is 0 Å². The van der Waals surface area contributed by atoms with Crippen LogP contribution >= 0.6 is 11.8 Å². The first-order chi connectivity index (χ1) is 8.38. The molecule has 1 aromatic carbocycles. The Morgan fingerprint density at radius 3 is 2.44 bits per heavy atom. The molecule has 0 heterocycles. The van der Waals surface area contributed by atoms with E-state index in [2.05, 4.69) is 26.8 Å². The zero-order valence-electron chi connectivity index (χ0n) is 11.4. The number of hydrogen-bond acceptors (Lipinski definition) is 3. The normalized spacial score (nSPS) is 19.6. The van der Waals surface area contributed by atoms with E-state index in [1.807, 2.05) is 30.0 Å². The largest absolute Gasteiger partial charge is 0.391 e. The maximum atomic E-state index is 10.2. The summed E-state index contributed by atoms with van der Waals surface area (Å²) in [6.07, 6.45) is 1.83. The highest BCUT2D eigenvalue weighted by atomic mass is 32.2. The summed E-state index contributed by atoms with van der Waals surface area (Å²) in [6.45, 7) is 6.58. The van der Waals surface area contributed by atoms with E-state index in [0.29, 0.717) is 5.92 Å². The predicted octanol–water partition coefficient (Wildman–Crippen LogP) is 3.35. The highest BCUT2D eigenvalue weighted by Gasteiger charge is 2.35. The van der Waals surface area contributed by atoms with Crippen LogP contribution in [0.2, 0.25) is 0 Å². The van der Waals surface area contributed by atoms with Gasteiger partial charge in [0.05, 0.1) is 12.1 Å². The Morgan fingerprint density at radius 2 is 1.89 bits per heavy atom. The average molecular weight is 265 g/mol. The van der Waals surface area contributed by atoms with Gasteiger partial charge in [-0.15, -0.1) is 11.8 Å². The second-order valence-electron chi connectivity index (χ2n) is 6.11. The average Bonchev–Trinajstić information content (AvgIpc) is 3.09. The highest BCUT2D eigenvalue weighted by Crippen LogP contribution is 2.41. The summed E-state index contributed by atoms with van der Waals surface area (Å²) in [5.74, 6) is 0.410. The molecule has 1 aliphatic carbocycles. The topological polar surface area (TPSA) is 46.2 Å². The van der Waals surface area contributed by atoms with E-state index in [9.17, 15) is 5.11 Å². The molecule has 0 aromatic heterocycles. The molecule has 0 saturated heterocycles. The molecule has 3 heteroatoms. The maximum Gasteiger partial charge on any atom is 0.0761 e. The predicted molar refractivity (Wildman–Crippen MR) is 77.7 cm³/mol. The van der Waals surface area contributed by atoms with Gasteiger partial charge in [0, 0.05) is 9.64 Å². The van der Waals surface area contributed by atoms with Crippen molar-refractivity contribution in [2.24, 2.45) is 11.7 Å². The van der Waals surface area contributed by atoms with Gasteiger partial charge < -0.3 is 10.8 Å². The third-order valence-electron chi connectivity index (χ3n) is 3.17. The van der Waals surface area contributed by atoms with Crippen molar-refractivity contribution in [3.63, 3.8) is 0 Å². The number of aliphatic hydroxyl groups is 1. The minimum atomic E-state index is -0.397. The van der Waals surface area contributed by atoms with Crippen LogP contribution in [0.5, 0.6) is 0 Å². The third-order valence-corrected chi connectivity index (χ3v) is 4.37. The fourth-order valence-corrected chi connectivity index (χ4v) is 3.22. The standard InChI is InChI=1S/C15H23NOS/c1-15(2,3)18-12-7-5-4-6-11(12)13(16)14(17)10-8-9-10/h4-7,10,13-14,17H,8-9,16H2,1-3H3/t13-,14+/m1/s1. The van der Waals surface area contributed by atoms with Gasteiger partial charge in [0.1, 0.15) is 0 Å². The van der Waals surface area contributed by atoms with Gasteiger partial charge in [-0.3, -0.25) is 0 Å². The second-order valence-corrected chi connectivity index (χ2v) is 7.97. The molecule has 1 aromatic rings. The summed E-state index contributed by atoms with van der Waals surface area (Å²) in [7, 11) is 0. The van der Waals surface area contributed by atoms with Crippen molar-refractivity contribution in [3.05, 3.63) is 29.8 Å². The third kappa shape index (κ3) is 3.50. The van der Waals surface area contributed by atoms with Crippen LogP contribution in [0.15, 0.2) is 29.2 Å². The summed E-state index contributed by atoms with van der Waals surface area (Å²) in [5.41, 5.74) is 7.32. The highest BCUT2D eigenvalue weighted by molar-refractivity contribution is 8.00. The van der Waals surface area contributed by atoms with Crippen molar-refractivity contribution < 1.29 is 5.11 Å². The Morgan fingerprint density at radius 1 is 1.28 bits per heavy atom.